The summed E-state index contributed by atoms with van der Waals surface area (Å²) in [5.41, 5.74) is 0.540. The fourth-order valence-electron chi connectivity index (χ4n) is 2.03. The largest absolute Gasteiger partial charge is 0.461 e. The van der Waals surface area contributed by atoms with Crippen LogP contribution in [-0.4, -0.2) is 35.6 Å². The second-order valence-corrected chi connectivity index (χ2v) is 4.17. The average Bonchev–Trinajstić information content (AvgIpc) is 2.79. The van der Waals surface area contributed by atoms with Crippen molar-refractivity contribution in [3.8, 4) is 0 Å². The first kappa shape index (κ1) is 12.1. The molecule has 0 aromatic carbocycles. The first-order chi connectivity index (χ1) is 8.31. The topological polar surface area (TPSA) is 53.3 Å². The van der Waals surface area contributed by atoms with Crippen LogP contribution in [0.5, 0.6) is 0 Å². The summed E-state index contributed by atoms with van der Waals surface area (Å²) >= 11 is 0. The van der Waals surface area contributed by atoms with E-state index in [-0.39, 0.29) is 5.97 Å². The molecule has 0 amide bonds. The van der Waals surface area contributed by atoms with Gasteiger partial charge in [0, 0.05) is 26.0 Å². The van der Waals surface area contributed by atoms with E-state index in [0.717, 1.165) is 32.6 Å². The van der Waals surface area contributed by atoms with Crippen LogP contribution in [0.3, 0.4) is 0 Å². The van der Waals surface area contributed by atoms with Gasteiger partial charge in [-0.3, -0.25) is 4.68 Å². The quantitative estimate of drug-likeness (QED) is 0.746. The number of carbonyl (C=O) groups excluding carboxylic acids is 1. The average molecular weight is 238 g/mol. The standard InChI is InChI=1S/C12H18N2O3/c1-2-17-12(15)11-3-6-13-14(11)9-10-4-7-16-8-5-10/h3,6,10H,2,4-5,7-9H2,1H3. The number of aromatic nitrogens is 2. The van der Waals surface area contributed by atoms with Gasteiger partial charge in [0.05, 0.1) is 6.61 Å². The summed E-state index contributed by atoms with van der Waals surface area (Å²) in [6, 6.07) is 1.71. The van der Waals surface area contributed by atoms with E-state index in [1.54, 1.807) is 23.9 Å². The van der Waals surface area contributed by atoms with Crippen molar-refractivity contribution in [3.63, 3.8) is 0 Å². The zero-order chi connectivity index (χ0) is 12.1. The number of ether oxygens (including phenoxy) is 2. The maximum absolute atomic E-state index is 11.7. The smallest absolute Gasteiger partial charge is 0.356 e. The Bertz CT molecular complexity index is 370. The summed E-state index contributed by atoms with van der Waals surface area (Å²) < 4.78 is 12.0. The molecule has 1 aromatic rings. The van der Waals surface area contributed by atoms with Crippen molar-refractivity contribution in [1.29, 1.82) is 0 Å². The number of esters is 1. The Morgan fingerprint density at radius 2 is 2.35 bits per heavy atom. The minimum atomic E-state index is -0.294. The van der Waals surface area contributed by atoms with E-state index < -0.39 is 0 Å². The van der Waals surface area contributed by atoms with Gasteiger partial charge in [-0.1, -0.05) is 0 Å². The number of nitrogens with zero attached hydrogens (tertiary/aromatic N) is 2. The fourth-order valence-corrected chi connectivity index (χ4v) is 2.03. The van der Waals surface area contributed by atoms with Gasteiger partial charge in [0.25, 0.3) is 0 Å². The van der Waals surface area contributed by atoms with Gasteiger partial charge in [-0.15, -0.1) is 0 Å². The Balaban J connectivity index is 2.00. The first-order valence-electron chi connectivity index (χ1n) is 6.08. The molecule has 0 unspecified atom stereocenters. The van der Waals surface area contributed by atoms with Crippen molar-refractivity contribution in [2.24, 2.45) is 5.92 Å². The van der Waals surface area contributed by atoms with Crippen LogP contribution in [-0.2, 0) is 16.0 Å². The molecule has 0 radical (unpaired) electrons. The molecule has 0 bridgehead atoms. The minimum Gasteiger partial charge on any atom is -0.461 e. The highest BCUT2D eigenvalue weighted by molar-refractivity contribution is 5.87. The van der Waals surface area contributed by atoms with Crippen LogP contribution >= 0.6 is 0 Å². The molecule has 0 spiro atoms. The summed E-state index contributed by atoms with van der Waals surface area (Å²) in [6.45, 7) is 4.57. The molecule has 2 heterocycles. The molecule has 17 heavy (non-hydrogen) atoms. The SMILES string of the molecule is CCOC(=O)c1ccnn1CC1CCOCC1. The van der Waals surface area contributed by atoms with Gasteiger partial charge in [-0.05, 0) is 31.7 Å². The van der Waals surface area contributed by atoms with Crippen LogP contribution in [0.25, 0.3) is 0 Å². The number of carbonyl (C=O) groups is 1. The zero-order valence-corrected chi connectivity index (χ0v) is 10.1. The number of hydrogen-bond acceptors (Lipinski definition) is 4. The lowest BCUT2D eigenvalue weighted by molar-refractivity contribution is 0.0490. The van der Waals surface area contributed by atoms with E-state index in [9.17, 15) is 4.79 Å². The van der Waals surface area contributed by atoms with Crippen LogP contribution in [0.1, 0.15) is 30.3 Å². The predicted octanol–water partition coefficient (Wildman–Crippen LogP) is 1.49. The molecule has 1 aliphatic rings. The molecule has 0 saturated carbocycles. The molecule has 2 rings (SSSR count). The molecule has 5 nitrogen and oxygen atoms in total. The lowest BCUT2D eigenvalue weighted by Gasteiger charge is -2.22. The number of hydrogen-bond donors (Lipinski definition) is 0. The van der Waals surface area contributed by atoms with Gasteiger partial charge in [0.2, 0.25) is 0 Å². The maximum Gasteiger partial charge on any atom is 0.356 e. The highest BCUT2D eigenvalue weighted by atomic mass is 16.5. The molecule has 0 N–H and O–H groups in total. The molecule has 5 heteroatoms. The van der Waals surface area contributed by atoms with E-state index in [0.29, 0.717) is 18.2 Å². The van der Waals surface area contributed by atoms with Crippen LogP contribution in [0.2, 0.25) is 0 Å². The lowest BCUT2D eigenvalue weighted by Crippen LogP contribution is -2.23. The summed E-state index contributed by atoms with van der Waals surface area (Å²) in [4.78, 5) is 11.7. The first-order valence-corrected chi connectivity index (χ1v) is 6.08. The van der Waals surface area contributed by atoms with Crippen LogP contribution < -0.4 is 0 Å². The molecular formula is C12H18N2O3. The molecular weight excluding hydrogens is 220 g/mol. The van der Waals surface area contributed by atoms with Gasteiger partial charge >= 0.3 is 5.97 Å². The van der Waals surface area contributed by atoms with Crippen molar-refractivity contribution in [2.75, 3.05) is 19.8 Å². The predicted molar refractivity (Wildman–Crippen MR) is 61.7 cm³/mol. The Hall–Kier alpha value is -1.36. The van der Waals surface area contributed by atoms with Crippen molar-refractivity contribution in [2.45, 2.75) is 26.3 Å². The third-order valence-corrected chi connectivity index (χ3v) is 2.97. The van der Waals surface area contributed by atoms with E-state index in [4.69, 9.17) is 9.47 Å². The van der Waals surface area contributed by atoms with E-state index in [1.165, 1.54) is 0 Å². The Morgan fingerprint density at radius 1 is 1.59 bits per heavy atom. The third kappa shape index (κ3) is 3.06. The Labute approximate surface area is 101 Å². The molecule has 1 aliphatic heterocycles. The van der Waals surface area contributed by atoms with Crippen molar-refractivity contribution in [3.05, 3.63) is 18.0 Å². The highest BCUT2D eigenvalue weighted by Gasteiger charge is 2.18. The van der Waals surface area contributed by atoms with Gasteiger partial charge < -0.3 is 9.47 Å². The van der Waals surface area contributed by atoms with Crippen molar-refractivity contribution >= 4 is 5.97 Å². The lowest BCUT2D eigenvalue weighted by atomic mass is 10.0. The fraction of sp³-hybridized carbons (Fsp3) is 0.667. The summed E-state index contributed by atoms with van der Waals surface area (Å²) in [5, 5.41) is 4.19. The highest BCUT2D eigenvalue weighted by Crippen LogP contribution is 2.17. The molecule has 1 aromatic heterocycles. The molecule has 0 atom stereocenters. The Kier molecular flexibility index (Phi) is 4.14. The summed E-state index contributed by atoms with van der Waals surface area (Å²) in [5.74, 6) is 0.244. The van der Waals surface area contributed by atoms with Crippen molar-refractivity contribution in [1.82, 2.24) is 9.78 Å². The van der Waals surface area contributed by atoms with Crippen LogP contribution in [0.4, 0.5) is 0 Å². The molecule has 1 saturated heterocycles. The summed E-state index contributed by atoms with van der Waals surface area (Å²) in [6.07, 6.45) is 3.70. The monoisotopic (exact) mass is 238 g/mol. The van der Waals surface area contributed by atoms with Gasteiger partial charge in [-0.2, -0.15) is 5.10 Å². The molecule has 0 aliphatic carbocycles. The molecule has 1 fully saturated rings. The Morgan fingerprint density at radius 3 is 3.06 bits per heavy atom. The van der Waals surface area contributed by atoms with E-state index in [2.05, 4.69) is 5.10 Å². The van der Waals surface area contributed by atoms with Gasteiger partial charge in [0.15, 0.2) is 0 Å². The van der Waals surface area contributed by atoms with E-state index in [1.807, 2.05) is 0 Å². The van der Waals surface area contributed by atoms with Crippen LogP contribution in [0, 0.1) is 5.92 Å². The minimum absolute atomic E-state index is 0.294. The van der Waals surface area contributed by atoms with E-state index >= 15 is 0 Å². The van der Waals surface area contributed by atoms with Crippen molar-refractivity contribution < 1.29 is 14.3 Å². The normalized spacial score (nSPS) is 17.0. The third-order valence-electron chi connectivity index (χ3n) is 2.97. The molecule has 94 valence electrons. The second kappa shape index (κ2) is 5.82. The van der Waals surface area contributed by atoms with Gasteiger partial charge in [-0.25, -0.2) is 4.79 Å². The second-order valence-electron chi connectivity index (χ2n) is 4.17. The van der Waals surface area contributed by atoms with Crippen LogP contribution in [0.15, 0.2) is 12.3 Å². The number of rotatable bonds is 4. The maximum atomic E-state index is 11.7. The summed E-state index contributed by atoms with van der Waals surface area (Å²) in [7, 11) is 0. The zero-order valence-electron chi connectivity index (χ0n) is 10.1. The van der Waals surface area contributed by atoms with Gasteiger partial charge in [0.1, 0.15) is 5.69 Å².